The van der Waals surface area contributed by atoms with E-state index in [2.05, 4.69) is 18.8 Å². The van der Waals surface area contributed by atoms with Gasteiger partial charge in [0.05, 0.1) is 6.20 Å². The molecule has 0 amide bonds. The third kappa shape index (κ3) is 8.05. The van der Waals surface area contributed by atoms with Crippen LogP contribution < -0.4 is 4.74 Å². The Morgan fingerprint density at radius 2 is 1.85 bits per heavy atom. The summed E-state index contributed by atoms with van der Waals surface area (Å²) in [5.74, 6) is 2.52. The Morgan fingerprint density at radius 1 is 1.08 bits per heavy atom. The van der Waals surface area contributed by atoms with Gasteiger partial charge in [0.1, 0.15) is 18.5 Å². The van der Waals surface area contributed by atoms with Gasteiger partial charge in [0.2, 0.25) is 0 Å². The van der Waals surface area contributed by atoms with Crippen molar-refractivity contribution in [3.63, 3.8) is 0 Å². The second-order valence-electron chi connectivity index (χ2n) is 8.08. The molecule has 1 aliphatic rings. The number of halogens is 1. The van der Waals surface area contributed by atoms with Gasteiger partial charge in [0.15, 0.2) is 0 Å². The average Bonchev–Trinajstić information content (AvgIpc) is 2.69. The van der Waals surface area contributed by atoms with Crippen molar-refractivity contribution in [1.82, 2.24) is 4.98 Å². The Kier molecular flexibility index (Phi) is 10.0. The van der Waals surface area contributed by atoms with E-state index in [1.54, 1.807) is 6.20 Å². The van der Waals surface area contributed by atoms with Crippen LogP contribution in [0.3, 0.4) is 0 Å². The van der Waals surface area contributed by atoms with E-state index >= 15 is 0 Å². The summed E-state index contributed by atoms with van der Waals surface area (Å²) in [6.07, 6.45) is 15.2. The second-order valence-corrected chi connectivity index (χ2v) is 8.08. The summed E-state index contributed by atoms with van der Waals surface area (Å²) in [4.78, 5) is 4.51. The van der Waals surface area contributed by atoms with E-state index in [1.807, 2.05) is 12.1 Å². The summed E-state index contributed by atoms with van der Waals surface area (Å²) in [5.41, 5.74) is 1.13. The Balaban J connectivity index is 1.62. The molecule has 1 aromatic heterocycles. The first kappa shape index (κ1) is 21.2. The Hall–Kier alpha value is -1.12. The van der Waals surface area contributed by atoms with Crippen molar-refractivity contribution in [3.05, 3.63) is 24.0 Å². The quantitative estimate of drug-likeness (QED) is 0.376. The van der Waals surface area contributed by atoms with Gasteiger partial charge in [-0.3, -0.25) is 4.98 Å². The molecular formula is C23H38FNO. The molecule has 0 aliphatic heterocycles. The monoisotopic (exact) mass is 363 g/mol. The molecule has 0 saturated heterocycles. The van der Waals surface area contributed by atoms with Gasteiger partial charge in [0, 0.05) is 5.69 Å². The fraction of sp³-hybridized carbons (Fsp3) is 0.783. The summed E-state index contributed by atoms with van der Waals surface area (Å²) in [6.45, 7) is 4.63. The van der Waals surface area contributed by atoms with Crippen LogP contribution in [0.15, 0.2) is 18.3 Å². The highest BCUT2D eigenvalue weighted by Crippen LogP contribution is 2.33. The van der Waals surface area contributed by atoms with E-state index in [-0.39, 0.29) is 6.61 Å². The van der Waals surface area contributed by atoms with Crippen LogP contribution in [0.4, 0.5) is 4.39 Å². The number of aromatic nitrogens is 1. The maximum atomic E-state index is 13.8. The zero-order chi connectivity index (χ0) is 18.6. The molecule has 0 N–H and O–H groups in total. The molecule has 26 heavy (non-hydrogen) atoms. The summed E-state index contributed by atoms with van der Waals surface area (Å²) in [6, 6.07) is 3.99. The van der Waals surface area contributed by atoms with Gasteiger partial charge in [-0.15, -0.1) is 0 Å². The lowest BCUT2D eigenvalue weighted by Gasteiger charge is -2.27. The van der Waals surface area contributed by atoms with E-state index < -0.39 is 6.17 Å². The third-order valence-electron chi connectivity index (χ3n) is 5.95. The maximum absolute atomic E-state index is 13.8. The Bertz CT molecular complexity index is 468. The van der Waals surface area contributed by atoms with Crippen molar-refractivity contribution in [1.29, 1.82) is 0 Å². The zero-order valence-electron chi connectivity index (χ0n) is 16.9. The minimum atomic E-state index is -0.871. The van der Waals surface area contributed by atoms with Gasteiger partial charge >= 0.3 is 0 Å². The van der Waals surface area contributed by atoms with Gasteiger partial charge in [-0.25, -0.2) is 4.39 Å². The number of unbranched alkanes of at least 4 members (excludes halogenated alkanes) is 3. The lowest BCUT2D eigenvalue weighted by molar-refractivity contribution is 0.183. The molecule has 148 valence electrons. The number of rotatable bonds is 12. The van der Waals surface area contributed by atoms with Crippen molar-refractivity contribution in [3.8, 4) is 5.75 Å². The number of pyridine rings is 1. The van der Waals surface area contributed by atoms with Crippen LogP contribution in [-0.2, 0) is 6.42 Å². The summed E-state index contributed by atoms with van der Waals surface area (Å²) < 4.78 is 19.4. The minimum absolute atomic E-state index is 0.147. The van der Waals surface area contributed by atoms with Crippen molar-refractivity contribution < 1.29 is 9.13 Å². The van der Waals surface area contributed by atoms with E-state index in [9.17, 15) is 4.39 Å². The van der Waals surface area contributed by atoms with Crippen LogP contribution in [0.2, 0.25) is 0 Å². The van der Waals surface area contributed by atoms with Crippen LogP contribution in [-0.4, -0.2) is 17.8 Å². The molecule has 1 saturated carbocycles. The summed E-state index contributed by atoms with van der Waals surface area (Å²) in [7, 11) is 0. The molecule has 2 rings (SSSR count). The highest BCUT2D eigenvalue weighted by atomic mass is 19.1. The first-order valence-electron chi connectivity index (χ1n) is 10.9. The topological polar surface area (TPSA) is 22.1 Å². The lowest BCUT2D eigenvalue weighted by atomic mass is 9.79. The molecule has 1 heterocycles. The smallest absolute Gasteiger partial charge is 0.137 e. The molecule has 1 aliphatic carbocycles. The lowest BCUT2D eigenvalue weighted by Crippen LogP contribution is -2.14. The largest absolute Gasteiger partial charge is 0.489 e. The SMILES string of the molecule is CCCCCCC(F)COc1ccc(CCC2CCC(CC)CC2)nc1. The van der Waals surface area contributed by atoms with Crippen molar-refractivity contribution in [2.45, 2.75) is 97.1 Å². The normalized spacial score (nSPS) is 21.5. The summed E-state index contributed by atoms with van der Waals surface area (Å²) >= 11 is 0. The molecule has 1 atom stereocenters. The number of nitrogens with zero attached hydrogens (tertiary/aromatic N) is 1. The fourth-order valence-corrected chi connectivity index (χ4v) is 3.99. The Labute approximate surface area is 159 Å². The van der Waals surface area contributed by atoms with Crippen LogP contribution in [0.25, 0.3) is 0 Å². The number of hydrogen-bond donors (Lipinski definition) is 0. The third-order valence-corrected chi connectivity index (χ3v) is 5.95. The number of ether oxygens (including phenoxy) is 1. The maximum Gasteiger partial charge on any atom is 0.137 e. The highest BCUT2D eigenvalue weighted by Gasteiger charge is 2.19. The molecular weight excluding hydrogens is 325 g/mol. The molecule has 1 unspecified atom stereocenters. The van der Waals surface area contributed by atoms with Crippen LogP contribution in [0.5, 0.6) is 5.75 Å². The van der Waals surface area contributed by atoms with Crippen LogP contribution in [0.1, 0.15) is 90.2 Å². The van der Waals surface area contributed by atoms with E-state index in [4.69, 9.17) is 4.74 Å². The number of aryl methyl sites for hydroxylation is 1. The fourth-order valence-electron chi connectivity index (χ4n) is 3.99. The first-order valence-corrected chi connectivity index (χ1v) is 10.9. The molecule has 0 radical (unpaired) electrons. The Morgan fingerprint density at radius 3 is 2.50 bits per heavy atom. The second kappa shape index (κ2) is 12.3. The van der Waals surface area contributed by atoms with Crippen LogP contribution >= 0.6 is 0 Å². The number of hydrogen-bond acceptors (Lipinski definition) is 2. The molecule has 1 fully saturated rings. The van der Waals surface area contributed by atoms with Gasteiger partial charge in [-0.1, -0.05) is 71.6 Å². The standard InChI is InChI=1S/C23H38FNO/c1-3-5-6-7-8-21(24)18-26-23-16-15-22(25-17-23)14-13-20-11-9-19(4-2)10-12-20/h15-17,19-21H,3-14,18H2,1-2H3. The predicted molar refractivity (Wildman–Crippen MR) is 107 cm³/mol. The van der Waals surface area contributed by atoms with Crippen LogP contribution in [0, 0.1) is 11.8 Å². The first-order chi connectivity index (χ1) is 12.7. The molecule has 3 heteroatoms. The van der Waals surface area contributed by atoms with Crippen molar-refractivity contribution >= 4 is 0 Å². The summed E-state index contributed by atoms with van der Waals surface area (Å²) in [5, 5.41) is 0. The van der Waals surface area contributed by atoms with Gasteiger partial charge < -0.3 is 4.74 Å². The van der Waals surface area contributed by atoms with Crippen molar-refractivity contribution in [2.24, 2.45) is 11.8 Å². The zero-order valence-corrected chi connectivity index (χ0v) is 16.9. The highest BCUT2D eigenvalue weighted by molar-refractivity contribution is 5.20. The average molecular weight is 364 g/mol. The van der Waals surface area contributed by atoms with E-state index in [1.165, 1.54) is 51.4 Å². The van der Waals surface area contributed by atoms with E-state index in [0.29, 0.717) is 12.2 Å². The van der Waals surface area contributed by atoms with Gasteiger partial charge in [0.25, 0.3) is 0 Å². The predicted octanol–water partition coefficient (Wildman–Crippen LogP) is 6.92. The molecule has 2 nitrogen and oxygen atoms in total. The van der Waals surface area contributed by atoms with Crippen molar-refractivity contribution in [2.75, 3.05) is 6.61 Å². The molecule has 0 aromatic carbocycles. The molecule has 0 spiro atoms. The molecule has 0 bridgehead atoms. The number of alkyl halides is 1. The minimum Gasteiger partial charge on any atom is -0.489 e. The van der Waals surface area contributed by atoms with Gasteiger partial charge in [-0.05, 0) is 43.2 Å². The van der Waals surface area contributed by atoms with E-state index in [0.717, 1.165) is 36.8 Å². The molecule has 1 aromatic rings. The van der Waals surface area contributed by atoms with Gasteiger partial charge in [-0.2, -0.15) is 0 Å².